The number of carbonyl (C=O) groups excluding carboxylic acids is 1. The largest absolute Gasteiger partial charge is 0.395 e. The minimum Gasteiger partial charge on any atom is -0.395 e. The fourth-order valence-corrected chi connectivity index (χ4v) is 3.70. The number of benzene rings is 2. The summed E-state index contributed by atoms with van der Waals surface area (Å²) in [6.07, 6.45) is 0. The van der Waals surface area contributed by atoms with Crippen LogP contribution in [0.1, 0.15) is 28.9 Å². The van der Waals surface area contributed by atoms with E-state index < -0.39 is 22.0 Å². The second-order valence-electron chi connectivity index (χ2n) is 5.23. The van der Waals surface area contributed by atoms with Gasteiger partial charge in [-0.2, -0.15) is 0 Å². The lowest BCUT2D eigenvalue weighted by molar-refractivity contribution is 0.0941. The van der Waals surface area contributed by atoms with Crippen LogP contribution in [-0.4, -0.2) is 32.6 Å². The zero-order chi connectivity index (χ0) is 17.6. The van der Waals surface area contributed by atoms with Gasteiger partial charge in [0.2, 0.25) is 10.0 Å². The highest BCUT2D eigenvalue weighted by Crippen LogP contribution is 2.19. The average Bonchev–Trinajstić information content (AvgIpc) is 2.60. The SMILES string of the molecule is CC(NS(=O)(=O)c1ccccc1C(=O)NCCO)c1ccccc1. The molecule has 1 amide bonds. The van der Waals surface area contributed by atoms with Crippen LogP contribution in [0.3, 0.4) is 0 Å². The first kappa shape index (κ1) is 18.1. The summed E-state index contributed by atoms with van der Waals surface area (Å²) in [5.74, 6) is -0.544. The summed E-state index contributed by atoms with van der Waals surface area (Å²) in [5, 5.41) is 11.3. The van der Waals surface area contributed by atoms with Crippen molar-refractivity contribution in [3.8, 4) is 0 Å². The molecule has 1 atom stereocenters. The van der Waals surface area contributed by atoms with Gasteiger partial charge in [-0.15, -0.1) is 0 Å². The lowest BCUT2D eigenvalue weighted by Gasteiger charge is -2.16. The maximum Gasteiger partial charge on any atom is 0.252 e. The minimum absolute atomic E-state index is 0.0405. The van der Waals surface area contributed by atoms with Crippen LogP contribution in [0.2, 0.25) is 0 Å². The summed E-state index contributed by atoms with van der Waals surface area (Å²) < 4.78 is 27.9. The monoisotopic (exact) mass is 348 g/mol. The first-order chi connectivity index (χ1) is 11.5. The summed E-state index contributed by atoms with van der Waals surface area (Å²) in [7, 11) is -3.88. The summed E-state index contributed by atoms with van der Waals surface area (Å²) in [6, 6.07) is 14.7. The molecule has 2 aromatic rings. The number of aliphatic hydroxyl groups excluding tert-OH is 1. The molecule has 0 aliphatic heterocycles. The van der Waals surface area contributed by atoms with E-state index in [-0.39, 0.29) is 23.6 Å². The Labute approximate surface area is 141 Å². The molecule has 0 heterocycles. The first-order valence-electron chi connectivity index (χ1n) is 7.51. The van der Waals surface area contributed by atoms with Crippen LogP contribution in [0.4, 0.5) is 0 Å². The van der Waals surface area contributed by atoms with Gasteiger partial charge in [-0.3, -0.25) is 4.79 Å². The Morgan fingerprint density at radius 2 is 1.71 bits per heavy atom. The molecule has 2 rings (SSSR count). The van der Waals surface area contributed by atoms with Crippen LogP contribution in [0, 0.1) is 0 Å². The third-order valence-corrected chi connectivity index (χ3v) is 5.05. The predicted molar refractivity (Wildman–Crippen MR) is 91.0 cm³/mol. The van der Waals surface area contributed by atoms with Gasteiger partial charge in [0.05, 0.1) is 17.1 Å². The maximum atomic E-state index is 12.7. The molecule has 2 aromatic carbocycles. The Morgan fingerprint density at radius 3 is 2.38 bits per heavy atom. The number of sulfonamides is 1. The van der Waals surface area contributed by atoms with E-state index in [1.165, 1.54) is 12.1 Å². The van der Waals surface area contributed by atoms with Gasteiger partial charge in [0.15, 0.2) is 0 Å². The Balaban J connectivity index is 2.28. The summed E-state index contributed by atoms with van der Waals surface area (Å²) in [6.45, 7) is 1.58. The van der Waals surface area contributed by atoms with E-state index in [4.69, 9.17) is 5.11 Å². The smallest absolute Gasteiger partial charge is 0.252 e. The zero-order valence-electron chi connectivity index (χ0n) is 13.3. The van der Waals surface area contributed by atoms with Crippen molar-refractivity contribution in [2.24, 2.45) is 0 Å². The third kappa shape index (κ3) is 4.41. The van der Waals surface area contributed by atoms with Crippen molar-refractivity contribution >= 4 is 15.9 Å². The van der Waals surface area contributed by atoms with E-state index in [2.05, 4.69) is 10.0 Å². The minimum atomic E-state index is -3.88. The van der Waals surface area contributed by atoms with Gasteiger partial charge in [-0.25, -0.2) is 13.1 Å². The van der Waals surface area contributed by atoms with E-state index in [0.29, 0.717) is 0 Å². The topological polar surface area (TPSA) is 95.5 Å². The van der Waals surface area contributed by atoms with Gasteiger partial charge < -0.3 is 10.4 Å². The fraction of sp³-hybridized carbons (Fsp3) is 0.235. The lowest BCUT2D eigenvalue weighted by Crippen LogP contribution is -2.31. The summed E-state index contributed by atoms with van der Waals surface area (Å²) in [5.41, 5.74) is 0.863. The molecule has 0 fully saturated rings. The average molecular weight is 348 g/mol. The zero-order valence-corrected chi connectivity index (χ0v) is 14.1. The quantitative estimate of drug-likeness (QED) is 0.706. The van der Waals surface area contributed by atoms with Crippen LogP contribution in [0.5, 0.6) is 0 Å². The molecular weight excluding hydrogens is 328 g/mol. The molecular formula is C17H20N2O4S. The van der Waals surface area contributed by atoms with Crippen molar-refractivity contribution in [1.29, 1.82) is 0 Å². The molecule has 1 unspecified atom stereocenters. The van der Waals surface area contributed by atoms with Crippen LogP contribution in [0.25, 0.3) is 0 Å². The van der Waals surface area contributed by atoms with Gasteiger partial charge in [-0.1, -0.05) is 42.5 Å². The number of aliphatic hydroxyl groups is 1. The van der Waals surface area contributed by atoms with Crippen LogP contribution in [0.15, 0.2) is 59.5 Å². The highest BCUT2D eigenvalue weighted by Gasteiger charge is 2.24. The second kappa shape index (κ2) is 8.05. The molecule has 0 spiro atoms. The number of amides is 1. The first-order valence-corrected chi connectivity index (χ1v) is 8.99. The van der Waals surface area contributed by atoms with E-state index in [1.807, 2.05) is 30.3 Å². The Hall–Kier alpha value is -2.22. The number of hydrogen-bond acceptors (Lipinski definition) is 4. The molecule has 0 saturated heterocycles. The molecule has 3 N–H and O–H groups in total. The summed E-state index contributed by atoms with van der Waals surface area (Å²) >= 11 is 0. The van der Waals surface area contributed by atoms with Gasteiger partial charge >= 0.3 is 0 Å². The fourth-order valence-electron chi connectivity index (χ4n) is 2.26. The molecule has 0 aromatic heterocycles. The molecule has 0 aliphatic carbocycles. The van der Waals surface area contributed by atoms with E-state index in [0.717, 1.165) is 5.56 Å². The van der Waals surface area contributed by atoms with E-state index in [9.17, 15) is 13.2 Å². The van der Waals surface area contributed by atoms with E-state index in [1.54, 1.807) is 19.1 Å². The Kier molecular flexibility index (Phi) is 6.08. The third-order valence-electron chi connectivity index (χ3n) is 3.45. The van der Waals surface area contributed by atoms with E-state index >= 15 is 0 Å². The second-order valence-corrected chi connectivity index (χ2v) is 6.91. The van der Waals surface area contributed by atoms with Crippen LogP contribution < -0.4 is 10.0 Å². The van der Waals surface area contributed by atoms with Gasteiger partial charge in [0, 0.05) is 12.6 Å². The number of nitrogens with one attached hydrogen (secondary N) is 2. The predicted octanol–water partition coefficient (Wildman–Crippen LogP) is 1.45. The summed E-state index contributed by atoms with van der Waals surface area (Å²) in [4.78, 5) is 12.0. The van der Waals surface area contributed by atoms with Gasteiger partial charge in [0.25, 0.3) is 5.91 Å². The molecule has 128 valence electrons. The van der Waals surface area contributed by atoms with Gasteiger partial charge in [-0.05, 0) is 24.6 Å². The highest BCUT2D eigenvalue weighted by atomic mass is 32.2. The van der Waals surface area contributed by atoms with Crippen molar-refractivity contribution < 1.29 is 18.3 Å². The van der Waals surface area contributed by atoms with Crippen molar-refractivity contribution in [2.45, 2.75) is 17.9 Å². The molecule has 7 heteroatoms. The molecule has 24 heavy (non-hydrogen) atoms. The molecule has 0 saturated carbocycles. The van der Waals surface area contributed by atoms with Crippen molar-refractivity contribution in [3.05, 3.63) is 65.7 Å². The van der Waals surface area contributed by atoms with Crippen molar-refractivity contribution in [3.63, 3.8) is 0 Å². The van der Waals surface area contributed by atoms with Crippen LogP contribution in [-0.2, 0) is 10.0 Å². The van der Waals surface area contributed by atoms with Crippen molar-refractivity contribution in [1.82, 2.24) is 10.0 Å². The van der Waals surface area contributed by atoms with Gasteiger partial charge in [0.1, 0.15) is 0 Å². The van der Waals surface area contributed by atoms with Crippen molar-refractivity contribution in [2.75, 3.05) is 13.2 Å². The maximum absolute atomic E-state index is 12.7. The number of carbonyl (C=O) groups is 1. The molecule has 0 aliphatic rings. The normalized spacial score (nSPS) is 12.6. The Morgan fingerprint density at radius 1 is 1.08 bits per heavy atom. The van der Waals surface area contributed by atoms with Crippen LogP contribution >= 0.6 is 0 Å². The Bertz CT molecular complexity index is 791. The number of rotatable bonds is 7. The number of hydrogen-bond donors (Lipinski definition) is 3. The molecule has 0 radical (unpaired) electrons. The molecule has 6 nitrogen and oxygen atoms in total. The molecule has 0 bridgehead atoms. The highest BCUT2D eigenvalue weighted by molar-refractivity contribution is 7.89. The standard InChI is InChI=1S/C17H20N2O4S/c1-13(14-7-3-2-4-8-14)19-24(22,23)16-10-6-5-9-15(16)17(21)18-11-12-20/h2-10,13,19-20H,11-12H2,1H3,(H,18,21). The lowest BCUT2D eigenvalue weighted by atomic mass is 10.1.